The van der Waals surface area contributed by atoms with Crippen LogP contribution in [0.2, 0.25) is 0 Å². The number of aliphatic hydroxyl groups is 1. The van der Waals surface area contributed by atoms with E-state index in [2.05, 4.69) is 5.32 Å². The van der Waals surface area contributed by atoms with Crippen LogP contribution in [0.15, 0.2) is 0 Å². The van der Waals surface area contributed by atoms with E-state index in [0.717, 1.165) is 32.2 Å². The number of carbonyl (C=O) groups is 1. The fraction of sp³-hybridized carbons (Fsp3) is 0.917. The molecule has 4 nitrogen and oxygen atoms in total. The van der Waals surface area contributed by atoms with Crippen LogP contribution in [-0.2, 0) is 4.79 Å². The van der Waals surface area contributed by atoms with Crippen molar-refractivity contribution in [1.29, 1.82) is 0 Å². The second kappa shape index (κ2) is 6.86. The van der Waals surface area contributed by atoms with Crippen molar-refractivity contribution >= 4 is 5.91 Å². The Hall–Kier alpha value is -0.610. The molecule has 0 saturated heterocycles. The average molecular weight is 228 g/mol. The molecule has 0 aliphatic heterocycles. The third-order valence-electron chi connectivity index (χ3n) is 3.13. The van der Waals surface area contributed by atoms with E-state index >= 15 is 0 Å². The molecule has 2 N–H and O–H groups in total. The number of aliphatic hydroxyl groups excluding tert-OH is 1. The predicted octanol–water partition coefficient (Wildman–Crippen LogP) is 0.605. The maximum absolute atomic E-state index is 11.6. The normalized spacial score (nSPS) is 17.2. The number of carbonyl (C=O) groups excluding carboxylic acids is 1. The highest BCUT2D eigenvalue weighted by atomic mass is 16.3. The Kier molecular flexibility index (Phi) is 5.77. The maximum atomic E-state index is 11.6. The summed E-state index contributed by atoms with van der Waals surface area (Å²) in [6, 6.07) is 0.503. The minimum absolute atomic E-state index is 0.192. The van der Waals surface area contributed by atoms with Gasteiger partial charge in [0.2, 0.25) is 5.91 Å². The largest absolute Gasteiger partial charge is 0.396 e. The lowest BCUT2D eigenvalue weighted by molar-refractivity contribution is -0.129. The molecule has 0 bridgehead atoms. The van der Waals surface area contributed by atoms with Crippen LogP contribution in [0.1, 0.15) is 32.6 Å². The van der Waals surface area contributed by atoms with Crippen molar-refractivity contribution in [2.45, 2.75) is 38.6 Å². The summed E-state index contributed by atoms with van der Waals surface area (Å²) in [5, 5.41) is 12.0. The standard InChI is InChI=1S/C12H24N2O2/c1-10(9-15)4-3-7-13-8-12(16)14(2)11-5-6-11/h10-11,13,15H,3-9H2,1-2H3. The summed E-state index contributed by atoms with van der Waals surface area (Å²) in [5.74, 6) is 0.560. The topological polar surface area (TPSA) is 52.6 Å². The summed E-state index contributed by atoms with van der Waals surface area (Å²) in [5.41, 5.74) is 0. The van der Waals surface area contributed by atoms with Crippen LogP contribution in [0.4, 0.5) is 0 Å². The van der Waals surface area contributed by atoms with Gasteiger partial charge in [-0.05, 0) is 38.1 Å². The monoisotopic (exact) mass is 228 g/mol. The van der Waals surface area contributed by atoms with Crippen molar-refractivity contribution in [2.24, 2.45) is 5.92 Å². The molecule has 1 aliphatic carbocycles. The van der Waals surface area contributed by atoms with Gasteiger partial charge in [0.1, 0.15) is 0 Å². The number of hydrogen-bond donors (Lipinski definition) is 2. The summed E-state index contributed by atoms with van der Waals surface area (Å²) in [7, 11) is 1.88. The van der Waals surface area contributed by atoms with E-state index in [9.17, 15) is 4.79 Å². The molecule has 1 unspecified atom stereocenters. The summed E-state index contributed by atoms with van der Waals surface area (Å²) in [6.07, 6.45) is 4.35. The van der Waals surface area contributed by atoms with E-state index in [4.69, 9.17) is 5.11 Å². The van der Waals surface area contributed by atoms with Gasteiger partial charge in [-0.15, -0.1) is 0 Å². The lowest BCUT2D eigenvalue weighted by Gasteiger charge is -2.16. The van der Waals surface area contributed by atoms with Crippen molar-refractivity contribution in [1.82, 2.24) is 10.2 Å². The molecular formula is C12H24N2O2. The summed E-state index contributed by atoms with van der Waals surface area (Å²) in [4.78, 5) is 13.5. The Balaban J connectivity index is 1.95. The zero-order valence-corrected chi connectivity index (χ0v) is 10.4. The smallest absolute Gasteiger partial charge is 0.236 e. The number of hydrogen-bond acceptors (Lipinski definition) is 3. The van der Waals surface area contributed by atoms with Crippen LogP contribution in [0, 0.1) is 5.92 Å². The Morgan fingerprint density at radius 1 is 1.56 bits per heavy atom. The Labute approximate surface area is 98.0 Å². The van der Waals surface area contributed by atoms with Crippen molar-refractivity contribution in [2.75, 3.05) is 26.7 Å². The summed E-state index contributed by atoms with van der Waals surface area (Å²) >= 11 is 0. The second-order valence-corrected chi connectivity index (χ2v) is 4.84. The molecular weight excluding hydrogens is 204 g/mol. The average Bonchev–Trinajstić information content (AvgIpc) is 3.10. The highest BCUT2D eigenvalue weighted by Crippen LogP contribution is 2.24. The third kappa shape index (κ3) is 4.94. The first-order valence-electron chi connectivity index (χ1n) is 6.22. The van der Waals surface area contributed by atoms with Gasteiger partial charge in [0, 0.05) is 19.7 Å². The molecule has 1 rings (SSSR count). The number of likely N-dealkylation sites (N-methyl/N-ethyl adjacent to an activating group) is 1. The third-order valence-corrected chi connectivity index (χ3v) is 3.13. The fourth-order valence-electron chi connectivity index (χ4n) is 1.65. The van der Waals surface area contributed by atoms with Crippen molar-refractivity contribution < 1.29 is 9.90 Å². The van der Waals surface area contributed by atoms with Gasteiger partial charge in [-0.3, -0.25) is 4.79 Å². The Bertz CT molecular complexity index is 217. The van der Waals surface area contributed by atoms with E-state index in [1.807, 2.05) is 18.9 Å². The van der Waals surface area contributed by atoms with Gasteiger partial charge < -0.3 is 15.3 Å². The van der Waals surface area contributed by atoms with E-state index in [-0.39, 0.29) is 12.5 Å². The van der Waals surface area contributed by atoms with Crippen LogP contribution in [0.3, 0.4) is 0 Å². The Morgan fingerprint density at radius 2 is 2.25 bits per heavy atom. The molecule has 1 atom stereocenters. The molecule has 0 aromatic carbocycles. The van der Waals surface area contributed by atoms with Crippen molar-refractivity contribution in [3.63, 3.8) is 0 Å². The number of amides is 1. The van der Waals surface area contributed by atoms with Crippen molar-refractivity contribution in [3.8, 4) is 0 Å². The van der Waals surface area contributed by atoms with Gasteiger partial charge in [0.25, 0.3) is 0 Å². The minimum atomic E-state index is 0.192. The first-order valence-corrected chi connectivity index (χ1v) is 6.22. The molecule has 0 aromatic rings. The van der Waals surface area contributed by atoms with Crippen molar-refractivity contribution in [3.05, 3.63) is 0 Å². The molecule has 4 heteroatoms. The zero-order valence-electron chi connectivity index (χ0n) is 10.4. The molecule has 16 heavy (non-hydrogen) atoms. The van der Waals surface area contributed by atoms with Crippen LogP contribution in [0.5, 0.6) is 0 Å². The SMILES string of the molecule is CC(CO)CCCNCC(=O)N(C)C1CC1. The van der Waals surface area contributed by atoms with Gasteiger partial charge in [0.05, 0.1) is 6.54 Å². The van der Waals surface area contributed by atoms with E-state index < -0.39 is 0 Å². The minimum Gasteiger partial charge on any atom is -0.396 e. The molecule has 0 heterocycles. The number of nitrogens with zero attached hydrogens (tertiary/aromatic N) is 1. The van der Waals surface area contributed by atoms with Gasteiger partial charge >= 0.3 is 0 Å². The molecule has 1 fully saturated rings. The van der Waals surface area contributed by atoms with Gasteiger partial charge in [-0.25, -0.2) is 0 Å². The van der Waals surface area contributed by atoms with E-state index in [1.165, 1.54) is 0 Å². The second-order valence-electron chi connectivity index (χ2n) is 4.84. The number of rotatable bonds is 8. The highest BCUT2D eigenvalue weighted by molar-refractivity contribution is 5.78. The molecule has 0 spiro atoms. The molecule has 0 aromatic heterocycles. The van der Waals surface area contributed by atoms with Gasteiger partial charge in [-0.1, -0.05) is 6.92 Å². The quantitative estimate of drug-likeness (QED) is 0.598. The maximum Gasteiger partial charge on any atom is 0.236 e. The molecule has 1 saturated carbocycles. The molecule has 94 valence electrons. The summed E-state index contributed by atoms with van der Waals surface area (Å²) in [6.45, 7) is 3.59. The van der Waals surface area contributed by atoms with Crippen LogP contribution < -0.4 is 5.32 Å². The molecule has 1 aliphatic rings. The van der Waals surface area contributed by atoms with Crippen LogP contribution >= 0.6 is 0 Å². The van der Waals surface area contributed by atoms with Crippen LogP contribution in [0.25, 0.3) is 0 Å². The lowest BCUT2D eigenvalue weighted by Crippen LogP contribution is -2.37. The highest BCUT2D eigenvalue weighted by Gasteiger charge is 2.28. The van der Waals surface area contributed by atoms with Gasteiger partial charge in [0.15, 0.2) is 0 Å². The summed E-state index contributed by atoms with van der Waals surface area (Å²) < 4.78 is 0. The number of nitrogens with one attached hydrogen (secondary N) is 1. The fourth-order valence-corrected chi connectivity index (χ4v) is 1.65. The molecule has 1 amide bonds. The predicted molar refractivity (Wildman–Crippen MR) is 64.1 cm³/mol. The lowest BCUT2D eigenvalue weighted by atomic mass is 10.1. The van der Waals surface area contributed by atoms with Crippen LogP contribution in [-0.4, -0.2) is 48.7 Å². The van der Waals surface area contributed by atoms with E-state index in [1.54, 1.807) is 0 Å². The van der Waals surface area contributed by atoms with Gasteiger partial charge in [-0.2, -0.15) is 0 Å². The molecule has 0 radical (unpaired) electrons. The Morgan fingerprint density at radius 3 is 2.81 bits per heavy atom. The zero-order chi connectivity index (χ0) is 12.0. The first kappa shape index (κ1) is 13.5. The first-order chi connectivity index (χ1) is 7.65. The van der Waals surface area contributed by atoms with E-state index in [0.29, 0.717) is 18.5 Å².